The number of hydrogen-bond donors (Lipinski definition) is 10. The van der Waals surface area contributed by atoms with E-state index in [1.807, 2.05) is 0 Å². The van der Waals surface area contributed by atoms with E-state index in [4.69, 9.17) is 28.4 Å². The molecule has 3 heterocycles. The lowest BCUT2D eigenvalue weighted by Gasteiger charge is -2.46. The molecule has 1 aromatic rings. The van der Waals surface area contributed by atoms with Gasteiger partial charge in [0.2, 0.25) is 0 Å². The molecule has 0 saturated carbocycles. The zero-order valence-electron chi connectivity index (χ0n) is 21.8. The molecule has 0 amide bonds. The minimum atomic E-state index is -1.83. The Morgan fingerprint density at radius 2 is 1.05 bits per heavy atom. The monoisotopic (exact) mass is 594 g/mol. The number of ether oxygens (including phenoxy) is 6. The van der Waals surface area contributed by atoms with Crippen molar-refractivity contribution in [2.24, 2.45) is 0 Å². The standard InChI is InChI=1S/C25H38O16/c26-6-11-14(28)17(31)19(33)23(38-11)37-9-13-16(30)22(41-25-20(34)18(32)15(29)12(7-27)39-25)21(35)24(40-13)36-8-10-4-2-1-3-5-10/h1-5,11-35H,6-9H2/t11-,12-,13-,14-,15-,16-,17+,18+,19+,20+,21+,22+,23+,24+,25-/m1/s1. The maximum absolute atomic E-state index is 11.1. The molecule has 0 aliphatic carbocycles. The van der Waals surface area contributed by atoms with Gasteiger partial charge in [-0.25, -0.2) is 0 Å². The van der Waals surface area contributed by atoms with Crippen molar-refractivity contribution in [1.82, 2.24) is 0 Å². The summed E-state index contributed by atoms with van der Waals surface area (Å²) in [6, 6.07) is 8.84. The molecule has 3 fully saturated rings. The quantitative estimate of drug-likeness (QED) is 0.121. The van der Waals surface area contributed by atoms with E-state index in [1.54, 1.807) is 30.3 Å². The van der Waals surface area contributed by atoms with E-state index >= 15 is 0 Å². The molecule has 1 aromatic carbocycles. The third-order valence-electron chi connectivity index (χ3n) is 7.31. The van der Waals surface area contributed by atoms with Gasteiger partial charge >= 0.3 is 0 Å². The van der Waals surface area contributed by atoms with E-state index in [2.05, 4.69) is 0 Å². The number of benzene rings is 1. The SMILES string of the molecule is OC[C@H]1O[C@H](OC[C@H]2O[C@H](OCc3ccccc3)[C@@H](O)[C@@H](O[C@H]3O[C@H](CO)[C@@H](O)[C@H](O)[C@@H]3O)[C@@H]2O)[C@@H](O)[C@@H](O)[C@@H]1O. The third-order valence-corrected chi connectivity index (χ3v) is 7.31. The van der Waals surface area contributed by atoms with Gasteiger partial charge in [0, 0.05) is 0 Å². The summed E-state index contributed by atoms with van der Waals surface area (Å²) in [4.78, 5) is 0. The lowest BCUT2D eigenvalue weighted by molar-refractivity contribution is -0.367. The molecule has 41 heavy (non-hydrogen) atoms. The maximum atomic E-state index is 11.1. The van der Waals surface area contributed by atoms with Crippen LogP contribution < -0.4 is 0 Å². The highest BCUT2D eigenvalue weighted by molar-refractivity contribution is 5.13. The Morgan fingerprint density at radius 1 is 0.537 bits per heavy atom. The van der Waals surface area contributed by atoms with Gasteiger partial charge in [-0.2, -0.15) is 0 Å². The average molecular weight is 595 g/mol. The lowest BCUT2D eigenvalue weighted by Crippen LogP contribution is -2.65. The van der Waals surface area contributed by atoms with Gasteiger partial charge in [-0.1, -0.05) is 30.3 Å². The maximum Gasteiger partial charge on any atom is 0.187 e. The van der Waals surface area contributed by atoms with Crippen molar-refractivity contribution < 1.29 is 79.5 Å². The number of rotatable bonds is 10. The van der Waals surface area contributed by atoms with Crippen LogP contribution in [-0.2, 0) is 35.0 Å². The molecule has 234 valence electrons. The number of hydrogen-bond acceptors (Lipinski definition) is 16. The van der Waals surface area contributed by atoms with Crippen molar-refractivity contribution in [3.05, 3.63) is 35.9 Å². The van der Waals surface area contributed by atoms with Crippen molar-refractivity contribution in [3.8, 4) is 0 Å². The first kappa shape index (κ1) is 32.5. The van der Waals surface area contributed by atoms with Gasteiger partial charge in [0.1, 0.15) is 73.2 Å². The zero-order valence-corrected chi connectivity index (χ0v) is 21.8. The molecular formula is C25H38O16. The second-order valence-electron chi connectivity index (χ2n) is 10.1. The second kappa shape index (κ2) is 14.4. The fourth-order valence-corrected chi connectivity index (χ4v) is 4.82. The lowest BCUT2D eigenvalue weighted by atomic mass is 9.96. The highest BCUT2D eigenvalue weighted by Crippen LogP contribution is 2.31. The molecule has 3 aliphatic rings. The molecule has 0 bridgehead atoms. The van der Waals surface area contributed by atoms with Crippen LogP contribution in [0.25, 0.3) is 0 Å². The van der Waals surface area contributed by atoms with Crippen molar-refractivity contribution in [2.75, 3.05) is 19.8 Å². The molecule has 0 spiro atoms. The second-order valence-corrected chi connectivity index (χ2v) is 10.1. The summed E-state index contributed by atoms with van der Waals surface area (Å²) < 4.78 is 33.3. The molecule has 3 aliphatic heterocycles. The van der Waals surface area contributed by atoms with Gasteiger partial charge in [0.15, 0.2) is 18.9 Å². The first-order chi connectivity index (χ1) is 19.6. The van der Waals surface area contributed by atoms with E-state index in [9.17, 15) is 51.1 Å². The van der Waals surface area contributed by atoms with Gasteiger partial charge < -0.3 is 79.5 Å². The summed E-state index contributed by atoms with van der Waals surface area (Å²) in [6.07, 6.45) is -24.0. The molecule has 0 radical (unpaired) electrons. The molecular weight excluding hydrogens is 556 g/mol. The molecule has 10 N–H and O–H groups in total. The smallest absolute Gasteiger partial charge is 0.187 e. The molecule has 15 atom stereocenters. The first-order valence-corrected chi connectivity index (χ1v) is 13.1. The van der Waals surface area contributed by atoms with E-state index in [-0.39, 0.29) is 6.61 Å². The van der Waals surface area contributed by atoms with E-state index in [1.165, 1.54) is 0 Å². The Hall–Kier alpha value is -1.42. The summed E-state index contributed by atoms with van der Waals surface area (Å²) in [5, 5.41) is 102. The highest BCUT2D eigenvalue weighted by Gasteiger charge is 2.52. The Kier molecular flexibility index (Phi) is 11.4. The van der Waals surface area contributed by atoms with Crippen molar-refractivity contribution in [2.45, 2.75) is 98.7 Å². The summed E-state index contributed by atoms with van der Waals surface area (Å²) in [5.41, 5.74) is 0.718. The summed E-state index contributed by atoms with van der Waals surface area (Å²) in [6.45, 7) is -2.01. The molecule has 16 nitrogen and oxygen atoms in total. The van der Waals surface area contributed by atoms with Crippen LogP contribution in [0.1, 0.15) is 5.56 Å². The Morgan fingerprint density at radius 3 is 1.63 bits per heavy atom. The van der Waals surface area contributed by atoms with Crippen LogP contribution in [0.4, 0.5) is 0 Å². The average Bonchev–Trinajstić information content (AvgIpc) is 2.98. The molecule has 16 heteroatoms. The fourth-order valence-electron chi connectivity index (χ4n) is 4.82. The van der Waals surface area contributed by atoms with Gasteiger partial charge in [-0.3, -0.25) is 0 Å². The normalized spacial score (nSPS) is 45.5. The Balaban J connectivity index is 1.49. The summed E-state index contributed by atoms with van der Waals surface area (Å²) in [7, 11) is 0. The minimum Gasteiger partial charge on any atom is -0.394 e. The molecule has 3 saturated heterocycles. The molecule has 0 unspecified atom stereocenters. The van der Waals surface area contributed by atoms with Crippen molar-refractivity contribution in [3.63, 3.8) is 0 Å². The van der Waals surface area contributed by atoms with Gasteiger partial charge in [0.05, 0.1) is 26.4 Å². The highest BCUT2D eigenvalue weighted by atomic mass is 16.7. The van der Waals surface area contributed by atoms with Crippen LogP contribution in [0.5, 0.6) is 0 Å². The van der Waals surface area contributed by atoms with Crippen LogP contribution in [-0.4, -0.2) is 163 Å². The minimum absolute atomic E-state index is 0.0360. The fraction of sp³-hybridized carbons (Fsp3) is 0.760. The third kappa shape index (κ3) is 7.22. The zero-order chi connectivity index (χ0) is 29.8. The topological polar surface area (TPSA) is 258 Å². The van der Waals surface area contributed by atoms with Crippen LogP contribution in [0.15, 0.2) is 30.3 Å². The largest absolute Gasteiger partial charge is 0.394 e. The summed E-state index contributed by atoms with van der Waals surface area (Å²) in [5.74, 6) is 0. The van der Waals surface area contributed by atoms with Crippen LogP contribution in [0.2, 0.25) is 0 Å². The molecule has 0 aromatic heterocycles. The molecule has 4 rings (SSSR count). The number of aliphatic hydroxyl groups excluding tert-OH is 10. The van der Waals surface area contributed by atoms with E-state index in [0.717, 1.165) is 5.56 Å². The Bertz CT molecular complexity index is 922. The predicted octanol–water partition coefficient (Wildman–Crippen LogP) is -5.35. The van der Waals surface area contributed by atoms with E-state index in [0.29, 0.717) is 0 Å². The number of aliphatic hydroxyl groups is 10. The van der Waals surface area contributed by atoms with Crippen LogP contribution in [0.3, 0.4) is 0 Å². The predicted molar refractivity (Wildman–Crippen MR) is 130 cm³/mol. The van der Waals surface area contributed by atoms with Gasteiger partial charge in [-0.05, 0) is 5.56 Å². The first-order valence-electron chi connectivity index (χ1n) is 13.1. The van der Waals surface area contributed by atoms with Crippen LogP contribution in [0, 0.1) is 0 Å². The Labute approximate surface area is 234 Å². The van der Waals surface area contributed by atoms with Crippen LogP contribution >= 0.6 is 0 Å². The van der Waals surface area contributed by atoms with Gasteiger partial charge in [0.25, 0.3) is 0 Å². The summed E-state index contributed by atoms with van der Waals surface area (Å²) >= 11 is 0. The van der Waals surface area contributed by atoms with Crippen molar-refractivity contribution >= 4 is 0 Å². The van der Waals surface area contributed by atoms with E-state index < -0.39 is 112 Å². The van der Waals surface area contributed by atoms with Gasteiger partial charge in [-0.15, -0.1) is 0 Å². The van der Waals surface area contributed by atoms with Crippen molar-refractivity contribution in [1.29, 1.82) is 0 Å².